The van der Waals surface area contributed by atoms with Crippen LogP contribution in [0.3, 0.4) is 0 Å². The van der Waals surface area contributed by atoms with Crippen molar-refractivity contribution in [2.45, 2.75) is 31.8 Å². The van der Waals surface area contributed by atoms with E-state index >= 15 is 0 Å². The van der Waals surface area contributed by atoms with Crippen molar-refractivity contribution in [3.8, 4) is 17.2 Å². The zero-order valence-electron chi connectivity index (χ0n) is 19.5. The average Bonchev–Trinajstić information content (AvgIpc) is 2.89. The number of Topliss-reactive ketones (excluding diaryl/α,β-unsaturated/α-hetero) is 1. The van der Waals surface area contributed by atoms with E-state index in [1.807, 2.05) is 65.5 Å². The highest BCUT2D eigenvalue weighted by Crippen LogP contribution is 2.34. The van der Waals surface area contributed by atoms with Crippen molar-refractivity contribution < 1.29 is 17.3 Å². The van der Waals surface area contributed by atoms with E-state index in [1.54, 1.807) is 31.4 Å². The molecular formula is C29H27IO4. The van der Waals surface area contributed by atoms with Gasteiger partial charge in [-0.1, -0.05) is 50.3 Å². The average molecular weight is 566 g/mol. The van der Waals surface area contributed by atoms with E-state index in [4.69, 9.17) is 12.5 Å². The lowest BCUT2D eigenvalue weighted by molar-refractivity contribution is 0.103. The molecule has 0 radical (unpaired) electrons. The van der Waals surface area contributed by atoms with Crippen LogP contribution in [0.25, 0.3) is 0 Å². The van der Waals surface area contributed by atoms with Crippen LogP contribution in [-0.4, -0.2) is 19.0 Å². The number of ether oxygens (including phenoxy) is 2. The summed E-state index contributed by atoms with van der Waals surface area (Å²) >= 11 is 1.89. The van der Waals surface area contributed by atoms with Gasteiger partial charge in [0.2, 0.25) is 0 Å². The Bertz CT molecular complexity index is 1190. The molecule has 0 N–H and O–H groups in total. The van der Waals surface area contributed by atoms with Crippen LogP contribution in [0.15, 0.2) is 96.6 Å². The molecular weight excluding hydrogens is 539 g/mol. The zero-order chi connectivity index (χ0) is 24.1. The van der Waals surface area contributed by atoms with Crippen LogP contribution in [0, 0.1) is 0 Å². The molecule has 0 bridgehead atoms. The minimum absolute atomic E-state index is 0.00187. The number of allylic oxidation sites excluding steroid dienone is 2. The van der Waals surface area contributed by atoms with Gasteiger partial charge in [-0.3, -0.25) is 4.79 Å². The van der Waals surface area contributed by atoms with Crippen LogP contribution in [0.2, 0.25) is 0 Å². The van der Waals surface area contributed by atoms with Gasteiger partial charge in [0.1, 0.15) is 23.4 Å². The van der Waals surface area contributed by atoms with Crippen molar-refractivity contribution in [3.63, 3.8) is 0 Å². The third-order valence-corrected chi connectivity index (χ3v) is 6.71. The molecule has 0 fully saturated rings. The Morgan fingerprint density at radius 2 is 1.41 bits per heavy atom. The third kappa shape index (κ3) is 5.36. The third-order valence-electron chi connectivity index (χ3n) is 6.20. The molecule has 1 atom stereocenters. The number of carbonyl (C=O) groups excluding carboxylic acids is 1. The molecule has 0 spiro atoms. The van der Waals surface area contributed by atoms with E-state index < -0.39 is 0 Å². The highest BCUT2D eigenvalue weighted by Gasteiger charge is 2.23. The molecule has 0 amide bonds. The van der Waals surface area contributed by atoms with E-state index in [0.717, 1.165) is 17.2 Å². The number of ketones is 1. The van der Waals surface area contributed by atoms with Crippen molar-refractivity contribution in [1.29, 1.82) is 0 Å². The van der Waals surface area contributed by atoms with Gasteiger partial charge >= 0.3 is 0 Å². The van der Waals surface area contributed by atoms with Crippen molar-refractivity contribution >= 4 is 28.8 Å². The SMILES string of the molecule is COc1ccc(C(=O)C2=CCC(Oc3ccc(C(C)(C)c4ccc(OI)cc4)cc3)C=C2)cc1. The summed E-state index contributed by atoms with van der Waals surface area (Å²) < 4.78 is 16.6. The Morgan fingerprint density at radius 3 is 1.91 bits per heavy atom. The van der Waals surface area contributed by atoms with Crippen LogP contribution >= 0.6 is 23.0 Å². The standard InChI is InChI=1S/C29H27IO4/c1-29(2,23-10-18-27(34-30)19-11-23)22-8-16-26(17-9-22)33-25-14-6-21(7-15-25)28(31)20-4-12-24(32-3)13-5-20/h4-14,16-19,25H,15H2,1-3H3. The lowest BCUT2D eigenvalue weighted by Gasteiger charge is -2.26. The van der Waals surface area contributed by atoms with Gasteiger partial charge < -0.3 is 12.5 Å². The summed E-state index contributed by atoms with van der Waals surface area (Å²) in [6.07, 6.45) is 6.28. The fourth-order valence-electron chi connectivity index (χ4n) is 3.98. The minimum Gasteiger partial charge on any atom is -0.497 e. The summed E-state index contributed by atoms with van der Waals surface area (Å²) in [6, 6.07) is 23.6. The first-order valence-electron chi connectivity index (χ1n) is 11.1. The molecule has 34 heavy (non-hydrogen) atoms. The fourth-order valence-corrected chi connectivity index (χ4v) is 4.27. The van der Waals surface area contributed by atoms with Crippen molar-refractivity contribution in [1.82, 2.24) is 0 Å². The number of carbonyl (C=O) groups is 1. The summed E-state index contributed by atoms with van der Waals surface area (Å²) in [5.74, 6) is 2.38. The maximum Gasteiger partial charge on any atom is 0.192 e. The van der Waals surface area contributed by atoms with Gasteiger partial charge in [0.25, 0.3) is 0 Å². The summed E-state index contributed by atoms with van der Waals surface area (Å²) in [6.45, 7) is 4.41. The summed E-state index contributed by atoms with van der Waals surface area (Å²) in [7, 11) is 1.61. The summed E-state index contributed by atoms with van der Waals surface area (Å²) in [5.41, 5.74) is 3.60. The van der Waals surface area contributed by atoms with Gasteiger partial charge in [-0.05, 0) is 65.7 Å². The van der Waals surface area contributed by atoms with E-state index in [2.05, 4.69) is 38.1 Å². The van der Waals surface area contributed by atoms with Crippen LogP contribution in [-0.2, 0) is 5.41 Å². The molecule has 0 saturated carbocycles. The molecule has 4 nitrogen and oxygen atoms in total. The molecule has 174 valence electrons. The number of benzene rings is 3. The van der Waals surface area contributed by atoms with Gasteiger partial charge in [-0.25, -0.2) is 0 Å². The number of hydrogen-bond donors (Lipinski definition) is 0. The van der Waals surface area contributed by atoms with E-state index in [1.165, 1.54) is 11.1 Å². The van der Waals surface area contributed by atoms with E-state index in [0.29, 0.717) is 17.6 Å². The second-order valence-electron chi connectivity index (χ2n) is 8.72. The molecule has 0 saturated heterocycles. The second kappa shape index (κ2) is 10.5. The van der Waals surface area contributed by atoms with Crippen LogP contribution < -0.4 is 12.5 Å². The predicted molar refractivity (Wildman–Crippen MR) is 143 cm³/mol. The maximum absolute atomic E-state index is 12.7. The van der Waals surface area contributed by atoms with Crippen molar-refractivity contribution in [3.05, 3.63) is 113 Å². The Morgan fingerprint density at radius 1 is 0.853 bits per heavy atom. The number of rotatable bonds is 8. The molecule has 1 unspecified atom stereocenters. The highest BCUT2D eigenvalue weighted by molar-refractivity contribution is 14.1. The second-order valence-corrected chi connectivity index (χ2v) is 9.16. The zero-order valence-corrected chi connectivity index (χ0v) is 21.6. The molecule has 4 rings (SSSR count). The maximum atomic E-state index is 12.7. The molecule has 0 aromatic heterocycles. The Labute approximate surface area is 214 Å². The van der Waals surface area contributed by atoms with Crippen LogP contribution in [0.4, 0.5) is 0 Å². The number of hydrogen-bond acceptors (Lipinski definition) is 4. The van der Waals surface area contributed by atoms with Gasteiger partial charge in [0.15, 0.2) is 28.8 Å². The Hall–Kier alpha value is -3.06. The van der Waals surface area contributed by atoms with Gasteiger partial charge in [0.05, 0.1) is 7.11 Å². The normalized spacial score (nSPS) is 15.4. The largest absolute Gasteiger partial charge is 0.497 e. The molecule has 3 aromatic carbocycles. The lowest BCUT2D eigenvalue weighted by Crippen LogP contribution is -2.19. The van der Waals surface area contributed by atoms with E-state index in [-0.39, 0.29) is 17.3 Å². The van der Waals surface area contributed by atoms with Crippen molar-refractivity contribution in [2.75, 3.05) is 7.11 Å². The predicted octanol–water partition coefficient (Wildman–Crippen LogP) is 7.27. The molecule has 0 heterocycles. The highest BCUT2D eigenvalue weighted by atomic mass is 127. The first-order valence-corrected chi connectivity index (χ1v) is 12.0. The molecule has 1 aliphatic carbocycles. The quantitative estimate of drug-likeness (QED) is 0.213. The van der Waals surface area contributed by atoms with Crippen LogP contribution in [0.1, 0.15) is 41.8 Å². The molecule has 5 heteroatoms. The minimum atomic E-state index is -0.146. The first kappa shape index (κ1) is 24.1. The fraction of sp³-hybridized carbons (Fsp3) is 0.207. The lowest BCUT2D eigenvalue weighted by atomic mass is 9.78. The molecule has 3 aromatic rings. The Kier molecular flexibility index (Phi) is 7.41. The van der Waals surface area contributed by atoms with Gasteiger partial charge in [0, 0.05) is 23.0 Å². The number of halogens is 1. The monoisotopic (exact) mass is 566 g/mol. The van der Waals surface area contributed by atoms with Gasteiger partial charge in [-0.15, -0.1) is 0 Å². The topological polar surface area (TPSA) is 44.8 Å². The molecule has 0 aliphatic heterocycles. The van der Waals surface area contributed by atoms with Gasteiger partial charge in [-0.2, -0.15) is 0 Å². The summed E-state index contributed by atoms with van der Waals surface area (Å²) in [5, 5.41) is 0. The summed E-state index contributed by atoms with van der Waals surface area (Å²) in [4.78, 5) is 12.7. The molecule has 1 aliphatic rings. The van der Waals surface area contributed by atoms with Crippen molar-refractivity contribution in [2.24, 2.45) is 0 Å². The smallest absolute Gasteiger partial charge is 0.192 e. The number of methoxy groups -OCH3 is 1. The Balaban J connectivity index is 1.38. The first-order chi connectivity index (χ1) is 16.4. The van der Waals surface area contributed by atoms with Crippen LogP contribution in [0.5, 0.6) is 17.2 Å². The van der Waals surface area contributed by atoms with E-state index in [9.17, 15) is 4.79 Å².